The Morgan fingerprint density at radius 1 is 1.35 bits per heavy atom. The molecule has 0 aromatic carbocycles. The number of thioether (sulfide) groups is 1. The van der Waals surface area contributed by atoms with Gasteiger partial charge in [-0.15, -0.1) is 0 Å². The first kappa shape index (κ1) is 12.7. The summed E-state index contributed by atoms with van der Waals surface area (Å²) < 4.78 is 0. The van der Waals surface area contributed by atoms with E-state index < -0.39 is 6.23 Å². The Bertz CT molecular complexity index is 318. The van der Waals surface area contributed by atoms with Crippen LogP contribution < -0.4 is 5.32 Å². The van der Waals surface area contributed by atoms with Crippen LogP contribution in [0.3, 0.4) is 0 Å². The Balaban J connectivity index is 1.83. The molecule has 0 spiro atoms. The van der Waals surface area contributed by atoms with Gasteiger partial charge in [0.15, 0.2) is 11.4 Å². The van der Waals surface area contributed by atoms with Crippen molar-refractivity contribution in [2.75, 3.05) is 0 Å². The molecule has 1 aliphatic heterocycles. The Labute approximate surface area is 106 Å². The van der Waals surface area contributed by atoms with E-state index in [1.165, 1.54) is 50.3 Å². The molecule has 1 heterocycles. The number of nitrogens with zero attached hydrogens (tertiary/aromatic N) is 2. The zero-order valence-corrected chi connectivity index (χ0v) is 10.7. The molecule has 94 valence electrons. The minimum absolute atomic E-state index is 0.0896. The molecular formula is C12H19N3OS. The first-order chi connectivity index (χ1) is 8.29. The van der Waals surface area contributed by atoms with Crippen molar-refractivity contribution < 1.29 is 5.11 Å². The highest BCUT2D eigenvalue weighted by atomic mass is 32.2. The van der Waals surface area contributed by atoms with Crippen molar-refractivity contribution in [2.45, 2.75) is 62.5 Å². The van der Waals surface area contributed by atoms with Crippen LogP contribution in [0.4, 0.5) is 0 Å². The van der Waals surface area contributed by atoms with E-state index >= 15 is 0 Å². The summed E-state index contributed by atoms with van der Waals surface area (Å²) in [6, 6.07) is 2.59. The number of rotatable bonds is 2. The lowest BCUT2D eigenvalue weighted by Gasteiger charge is -2.16. The summed E-state index contributed by atoms with van der Waals surface area (Å²) in [5, 5.41) is 22.5. The highest BCUT2D eigenvalue weighted by molar-refractivity contribution is 8.14. The second-order valence-electron chi connectivity index (χ2n) is 4.70. The summed E-state index contributed by atoms with van der Waals surface area (Å²) in [7, 11) is 0. The molecule has 17 heavy (non-hydrogen) atoms. The van der Waals surface area contributed by atoms with E-state index in [1.54, 1.807) is 0 Å². The number of nitrogens with one attached hydrogen (secondary N) is 1. The number of aliphatic hydroxyl groups excluding tert-OH is 1. The van der Waals surface area contributed by atoms with E-state index in [0.717, 1.165) is 5.17 Å². The topological polar surface area (TPSA) is 68.4 Å². The van der Waals surface area contributed by atoms with Crippen molar-refractivity contribution in [1.29, 1.82) is 5.26 Å². The van der Waals surface area contributed by atoms with Crippen LogP contribution in [0.1, 0.15) is 44.9 Å². The lowest BCUT2D eigenvalue weighted by Crippen LogP contribution is -2.32. The third kappa shape index (κ3) is 3.62. The van der Waals surface area contributed by atoms with Crippen molar-refractivity contribution in [3.63, 3.8) is 0 Å². The molecule has 2 aliphatic rings. The first-order valence-corrected chi connectivity index (χ1v) is 7.23. The van der Waals surface area contributed by atoms with Crippen LogP contribution in [-0.4, -0.2) is 27.8 Å². The number of nitriles is 1. The Hall–Kier alpha value is -0.730. The van der Waals surface area contributed by atoms with Gasteiger partial charge >= 0.3 is 0 Å². The third-order valence-corrected chi connectivity index (χ3v) is 4.48. The number of aliphatic imine (C=N–C) groups is 1. The largest absolute Gasteiger partial charge is 0.370 e. The molecule has 1 saturated carbocycles. The van der Waals surface area contributed by atoms with Gasteiger partial charge in [0, 0.05) is 6.04 Å². The van der Waals surface area contributed by atoms with Crippen molar-refractivity contribution in [3.05, 3.63) is 0 Å². The van der Waals surface area contributed by atoms with E-state index in [9.17, 15) is 5.11 Å². The number of hydrogen-bond acceptors (Lipinski definition) is 5. The molecule has 1 aliphatic carbocycles. The van der Waals surface area contributed by atoms with Crippen LogP contribution >= 0.6 is 11.8 Å². The fourth-order valence-corrected chi connectivity index (χ4v) is 3.38. The van der Waals surface area contributed by atoms with Crippen LogP contribution in [0, 0.1) is 11.3 Å². The maximum absolute atomic E-state index is 9.68. The van der Waals surface area contributed by atoms with E-state index in [1.807, 2.05) is 0 Å². The monoisotopic (exact) mass is 253 g/mol. The number of amidine groups is 1. The lowest BCUT2D eigenvalue weighted by atomic mass is 10.1. The third-order valence-electron chi connectivity index (χ3n) is 3.32. The SMILES string of the molecule is N#CCC1SC(NC2CCCCCC2)=NC1O. The molecule has 0 bridgehead atoms. The summed E-state index contributed by atoms with van der Waals surface area (Å²) in [6.45, 7) is 0. The van der Waals surface area contributed by atoms with Crippen molar-refractivity contribution >= 4 is 16.9 Å². The number of hydrogen-bond donors (Lipinski definition) is 2. The summed E-state index contributed by atoms with van der Waals surface area (Å²) in [6.07, 6.45) is 7.24. The average molecular weight is 253 g/mol. The van der Waals surface area contributed by atoms with Crippen LogP contribution in [0.25, 0.3) is 0 Å². The van der Waals surface area contributed by atoms with E-state index in [4.69, 9.17) is 5.26 Å². The van der Waals surface area contributed by atoms with Gasteiger partial charge < -0.3 is 10.4 Å². The summed E-state index contributed by atoms with van der Waals surface area (Å²) >= 11 is 1.51. The molecule has 4 nitrogen and oxygen atoms in total. The Morgan fingerprint density at radius 3 is 2.71 bits per heavy atom. The number of aliphatic hydroxyl groups is 1. The van der Waals surface area contributed by atoms with Gasteiger partial charge in [-0.05, 0) is 12.8 Å². The van der Waals surface area contributed by atoms with Gasteiger partial charge in [-0.3, -0.25) is 0 Å². The maximum Gasteiger partial charge on any atom is 0.161 e. The molecular weight excluding hydrogens is 234 g/mol. The van der Waals surface area contributed by atoms with Crippen molar-refractivity contribution in [3.8, 4) is 6.07 Å². The predicted octanol–water partition coefficient (Wildman–Crippen LogP) is 2.00. The van der Waals surface area contributed by atoms with E-state index in [-0.39, 0.29) is 5.25 Å². The quantitative estimate of drug-likeness (QED) is 0.739. The minimum atomic E-state index is -0.715. The minimum Gasteiger partial charge on any atom is -0.370 e. The summed E-state index contributed by atoms with van der Waals surface area (Å²) in [5.41, 5.74) is 0. The molecule has 0 aromatic rings. The highest BCUT2D eigenvalue weighted by Crippen LogP contribution is 2.28. The van der Waals surface area contributed by atoms with Gasteiger partial charge in [-0.1, -0.05) is 37.4 Å². The molecule has 2 atom stereocenters. The summed E-state index contributed by atoms with van der Waals surface area (Å²) in [5.74, 6) is 0. The van der Waals surface area contributed by atoms with Crippen molar-refractivity contribution in [2.24, 2.45) is 4.99 Å². The average Bonchev–Trinajstić information content (AvgIpc) is 2.54. The molecule has 0 amide bonds. The summed E-state index contributed by atoms with van der Waals surface area (Å²) in [4.78, 5) is 4.19. The fourth-order valence-electron chi connectivity index (χ4n) is 2.34. The first-order valence-electron chi connectivity index (χ1n) is 6.35. The van der Waals surface area contributed by atoms with Gasteiger partial charge in [0.1, 0.15) is 0 Å². The predicted molar refractivity (Wildman–Crippen MR) is 69.7 cm³/mol. The standard InChI is InChI=1S/C12H19N3OS/c13-8-7-10-11(16)15-12(17-10)14-9-5-3-1-2-4-6-9/h9-11,16H,1-7H2,(H,14,15). The normalized spacial score (nSPS) is 30.5. The van der Waals surface area contributed by atoms with Crippen LogP contribution in [0.15, 0.2) is 4.99 Å². The molecule has 0 aromatic heterocycles. The van der Waals surface area contributed by atoms with Crippen molar-refractivity contribution in [1.82, 2.24) is 5.32 Å². The zero-order chi connectivity index (χ0) is 12.1. The zero-order valence-electron chi connectivity index (χ0n) is 9.93. The van der Waals surface area contributed by atoms with Gasteiger partial charge in [0.25, 0.3) is 0 Å². The Morgan fingerprint density at radius 2 is 2.06 bits per heavy atom. The van der Waals surface area contributed by atoms with E-state index in [0.29, 0.717) is 12.5 Å². The molecule has 5 heteroatoms. The van der Waals surface area contributed by atoms with Gasteiger partial charge in [0.2, 0.25) is 0 Å². The van der Waals surface area contributed by atoms with Gasteiger partial charge in [-0.25, -0.2) is 4.99 Å². The molecule has 0 radical (unpaired) electrons. The Kier molecular flexibility index (Phi) is 4.69. The van der Waals surface area contributed by atoms with Gasteiger partial charge in [-0.2, -0.15) is 5.26 Å². The lowest BCUT2D eigenvalue weighted by molar-refractivity contribution is 0.185. The van der Waals surface area contributed by atoms with Crippen LogP contribution in [0.2, 0.25) is 0 Å². The molecule has 0 saturated heterocycles. The molecule has 2 rings (SSSR count). The fraction of sp³-hybridized carbons (Fsp3) is 0.833. The van der Waals surface area contributed by atoms with Crippen LogP contribution in [-0.2, 0) is 0 Å². The van der Waals surface area contributed by atoms with Crippen LogP contribution in [0.5, 0.6) is 0 Å². The molecule has 1 fully saturated rings. The van der Waals surface area contributed by atoms with Gasteiger partial charge in [0.05, 0.1) is 17.7 Å². The molecule has 2 N–H and O–H groups in total. The second kappa shape index (κ2) is 6.27. The molecule has 2 unspecified atom stereocenters. The van der Waals surface area contributed by atoms with E-state index in [2.05, 4.69) is 16.4 Å². The maximum atomic E-state index is 9.68. The smallest absolute Gasteiger partial charge is 0.161 e. The highest BCUT2D eigenvalue weighted by Gasteiger charge is 2.29. The second-order valence-corrected chi connectivity index (χ2v) is 5.93.